The van der Waals surface area contributed by atoms with Crippen molar-refractivity contribution in [2.45, 2.75) is 37.6 Å². The van der Waals surface area contributed by atoms with Gasteiger partial charge in [-0.1, -0.05) is 24.3 Å². The average Bonchev–Trinajstić information content (AvgIpc) is 2.85. The summed E-state index contributed by atoms with van der Waals surface area (Å²) in [7, 11) is 0. The molecule has 1 aromatic carbocycles. The van der Waals surface area contributed by atoms with Crippen molar-refractivity contribution in [2.75, 3.05) is 6.54 Å². The van der Waals surface area contributed by atoms with E-state index in [9.17, 15) is 0 Å². The Morgan fingerprint density at radius 2 is 2.07 bits per heavy atom. The molecule has 0 spiro atoms. The molecule has 14 heavy (non-hydrogen) atoms. The molecule has 74 valence electrons. The Balaban J connectivity index is 1.89. The van der Waals surface area contributed by atoms with Crippen molar-refractivity contribution in [1.29, 1.82) is 0 Å². The minimum absolute atomic E-state index is 0.763. The van der Waals surface area contributed by atoms with Crippen LogP contribution in [-0.2, 0) is 6.42 Å². The maximum atomic E-state index is 3.64. The minimum Gasteiger partial charge on any atom is -0.313 e. The van der Waals surface area contributed by atoms with Gasteiger partial charge in [0.2, 0.25) is 0 Å². The van der Waals surface area contributed by atoms with Gasteiger partial charge >= 0.3 is 0 Å². The number of aryl methyl sites for hydroxylation is 1. The van der Waals surface area contributed by atoms with E-state index in [1.54, 1.807) is 11.1 Å². The van der Waals surface area contributed by atoms with Crippen LogP contribution in [0.4, 0.5) is 0 Å². The minimum atomic E-state index is 0.763. The van der Waals surface area contributed by atoms with E-state index >= 15 is 0 Å². The molecule has 1 aromatic rings. The third-order valence-electron chi connectivity index (χ3n) is 3.76. The fourth-order valence-electron chi connectivity index (χ4n) is 3.06. The fourth-order valence-corrected chi connectivity index (χ4v) is 3.06. The summed E-state index contributed by atoms with van der Waals surface area (Å²) in [5.74, 6) is 0.800. The van der Waals surface area contributed by atoms with E-state index in [0.717, 1.165) is 12.0 Å². The molecular formula is C13H17N. The zero-order chi connectivity index (χ0) is 9.38. The summed E-state index contributed by atoms with van der Waals surface area (Å²) in [6.45, 7) is 1.23. The second kappa shape index (κ2) is 3.39. The molecule has 1 fully saturated rings. The lowest BCUT2D eigenvalue weighted by atomic mass is 9.92. The first-order valence-corrected chi connectivity index (χ1v) is 5.76. The molecule has 0 saturated carbocycles. The first-order chi connectivity index (χ1) is 6.95. The Kier molecular flexibility index (Phi) is 2.06. The molecule has 0 bridgehead atoms. The van der Waals surface area contributed by atoms with E-state index in [1.165, 1.54) is 32.2 Å². The van der Waals surface area contributed by atoms with Crippen LogP contribution in [0.15, 0.2) is 24.3 Å². The topological polar surface area (TPSA) is 12.0 Å². The zero-order valence-electron chi connectivity index (χ0n) is 8.50. The average molecular weight is 187 g/mol. The van der Waals surface area contributed by atoms with Crippen LogP contribution >= 0.6 is 0 Å². The molecule has 0 radical (unpaired) electrons. The van der Waals surface area contributed by atoms with Crippen LogP contribution in [0.1, 0.15) is 36.3 Å². The molecule has 1 saturated heterocycles. The number of hydrogen-bond acceptors (Lipinski definition) is 1. The van der Waals surface area contributed by atoms with Crippen LogP contribution in [-0.4, -0.2) is 12.6 Å². The normalized spacial score (nSPS) is 30.6. The Morgan fingerprint density at radius 3 is 2.93 bits per heavy atom. The monoisotopic (exact) mass is 187 g/mol. The maximum Gasteiger partial charge on any atom is 0.0136 e. The van der Waals surface area contributed by atoms with Crippen LogP contribution < -0.4 is 5.32 Å². The number of benzene rings is 1. The largest absolute Gasteiger partial charge is 0.313 e. The van der Waals surface area contributed by atoms with Gasteiger partial charge < -0.3 is 5.32 Å². The van der Waals surface area contributed by atoms with Crippen LogP contribution in [0.2, 0.25) is 0 Å². The number of nitrogens with one attached hydrogen (secondary N) is 1. The molecule has 0 amide bonds. The molecule has 2 aliphatic rings. The van der Waals surface area contributed by atoms with Crippen molar-refractivity contribution in [3.63, 3.8) is 0 Å². The standard InChI is InChI=1S/C13H17N/c1-2-5-11-10(4-1)7-8-12(11)13-6-3-9-14-13/h1-2,4-5,12-14H,3,6-9H2/t12-,13+/m0/s1. The predicted molar refractivity (Wildman–Crippen MR) is 58.5 cm³/mol. The molecule has 1 heterocycles. The molecule has 1 nitrogen and oxygen atoms in total. The third kappa shape index (κ3) is 1.27. The summed E-state index contributed by atoms with van der Waals surface area (Å²) in [6.07, 6.45) is 5.39. The molecule has 1 aliphatic carbocycles. The molecule has 1 aliphatic heterocycles. The highest BCUT2D eigenvalue weighted by molar-refractivity contribution is 5.36. The molecule has 2 atom stereocenters. The van der Waals surface area contributed by atoms with E-state index in [-0.39, 0.29) is 0 Å². The van der Waals surface area contributed by atoms with Gasteiger partial charge in [0.1, 0.15) is 0 Å². The Morgan fingerprint density at radius 1 is 1.14 bits per heavy atom. The molecule has 0 aromatic heterocycles. The first-order valence-electron chi connectivity index (χ1n) is 5.76. The van der Waals surface area contributed by atoms with Crippen LogP contribution in [0.25, 0.3) is 0 Å². The SMILES string of the molecule is c1ccc2c(c1)CC[C@@H]2[C@H]1CCCN1. The quantitative estimate of drug-likeness (QED) is 0.712. The molecular weight excluding hydrogens is 170 g/mol. The molecule has 1 heteroatoms. The Hall–Kier alpha value is -0.820. The lowest BCUT2D eigenvalue weighted by Gasteiger charge is -2.19. The van der Waals surface area contributed by atoms with Gasteiger partial charge in [-0.3, -0.25) is 0 Å². The summed E-state index contributed by atoms with van der Waals surface area (Å²) in [4.78, 5) is 0. The predicted octanol–water partition coefficient (Wildman–Crippen LogP) is 2.47. The zero-order valence-corrected chi connectivity index (χ0v) is 8.50. The van der Waals surface area contributed by atoms with Gasteiger partial charge in [-0.05, 0) is 49.3 Å². The first kappa shape index (κ1) is 8.49. The van der Waals surface area contributed by atoms with Crippen LogP contribution in [0, 0.1) is 0 Å². The van der Waals surface area contributed by atoms with Crippen molar-refractivity contribution in [3.05, 3.63) is 35.4 Å². The van der Waals surface area contributed by atoms with E-state index in [0.29, 0.717) is 0 Å². The van der Waals surface area contributed by atoms with Gasteiger partial charge in [0.25, 0.3) is 0 Å². The van der Waals surface area contributed by atoms with Gasteiger partial charge in [-0.25, -0.2) is 0 Å². The van der Waals surface area contributed by atoms with Crippen LogP contribution in [0.3, 0.4) is 0 Å². The van der Waals surface area contributed by atoms with E-state index < -0.39 is 0 Å². The lowest BCUT2D eigenvalue weighted by molar-refractivity contribution is 0.486. The van der Waals surface area contributed by atoms with Crippen molar-refractivity contribution >= 4 is 0 Å². The summed E-state index contributed by atoms with van der Waals surface area (Å²) in [5.41, 5.74) is 3.21. The number of rotatable bonds is 1. The van der Waals surface area contributed by atoms with Gasteiger partial charge in [-0.15, -0.1) is 0 Å². The second-order valence-electron chi connectivity index (χ2n) is 4.55. The number of fused-ring (bicyclic) bond motifs is 1. The lowest BCUT2D eigenvalue weighted by Crippen LogP contribution is -2.27. The summed E-state index contributed by atoms with van der Waals surface area (Å²) < 4.78 is 0. The van der Waals surface area contributed by atoms with Gasteiger partial charge in [0, 0.05) is 6.04 Å². The highest BCUT2D eigenvalue weighted by atomic mass is 14.9. The van der Waals surface area contributed by atoms with Gasteiger partial charge in [0.05, 0.1) is 0 Å². The smallest absolute Gasteiger partial charge is 0.0136 e. The Labute approximate surface area is 85.5 Å². The third-order valence-corrected chi connectivity index (χ3v) is 3.76. The summed E-state index contributed by atoms with van der Waals surface area (Å²) in [5, 5.41) is 3.64. The highest BCUT2D eigenvalue weighted by Gasteiger charge is 2.30. The van der Waals surface area contributed by atoms with Crippen molar-refractivity contribution < 1.29 is 0 Å². The summed E-state index contributed by atoms with van der Waals surface area (Å²) in [6, 6.07) is 9.74. The van der Waals surface area contributed by atoms with E-state index in [1.807, 2.05) is 0 Å². The molecule has 1 N–H and O–H groups in total. The Bertz CT molecular complexity index is 326. The highest BCUT2D eigenvalue weighted by Crippen LogP contribution is 2.37. The fraction of sp³-hybridized carbons (Fsp3) is 0.538. The molecule has 3 rings (SSSR count). The maximum absolute atomic E-state index is 3.64. The van der Waals surface area contributed by atoms with Crippen molar-refractivity contribution in [2.24, 2.45) is 0 Å². The summed E-state index contributed by atoms with van der Waals surface area (Å²) >= 11 is 0. The second-order valence-corrected chi connectivity index (χ2v) is 4.55. The van der Waals surface area contributed by atoms with E-state index in [2.05, 4.69) is 29.6 Å². The van der Waals surface area contributed by atoms with Crippen molar-refractivity contribution in [1.82, 2.24) is 5.32 Å². The van der Waals surface area contributed by atoms with Gasteiger partial charge in [-0.2, -0.15) is 0 Å². The van der Waals surface area contributed by atoms with Crippen molar-refractivity contribution in [3.8, 4) is 0 Å². The van der Waals surface area contributed by atoms with Crippen LogP contribution in [0.5, 0.6) is 0 Å². The van der Waals surface area contributed by atoms with E-state index in [4.69, 9.17) is 0 Å². The number of hydrogen-bond donors (Lipinski definition) is 1. The molecule has 0 unspecified atom stereocenters. The van der Waals surface area contributed by atoms with Gasteiger partial charge in [0.15, 0.2) is 0 Å².